The van der Waals surface area contributed by atoms with Gasteiger partial charge >= 0.3 is 12.1 Å². The summed E-state index contributed by atoms with van der Waals surface area (Å²) in [5.74, 6) is -4.47. The Morgan fingerprint density at radius 3 is 1.14 bits per heavy atom. The first kappa shape index (κ1) is 20.8. The van der Waals surface area contributed by atoms with Gasteiger partial charge in [-0.25, -0.2) is 18.0 Å². The molecule has 0 aliphatic carbocycles. The van der Waals surface area contributed by atoms with E-state index in [1.165, 1.54) is 36.4 Å². The predicted octanol–water partition coefficient (Wildman–Crippen LogP) is 6.41. The third kappa shape index (κ3) is 4.24. The molecule has 0 heterocycles. The van der Waals surface area contributed by atoms with E-state index in [1.807, 2.05) is 0 Å². The highest BCUT2D eigenvalue weighted by atomic mass is 32.3. The molecule has 0 radical (unpaired) electrons. The largest absolute Gasteiger partial charge is 0.491 e. The first-order valence-corrected chi connectivity index (χ1v) is 9.59. The number of benzene rings is 3. The molecule has 0 spiro atoms. The average molecular weight is 430 g/mol. The smallest absolute Gasteiger partial charge is 0.395 e. The maximum absolute atomic E-state index is 13.5. The van der Waals surface area contributed by atoms with E-state index in [4.69, 9.17) is 4.18 Å². The van der Waals surface area contributed by atoms with E-state index in [0.29, 0.717) is 0 Å². The van der Waals surface area contributed by atoms with Gasteiger partial charge in [0.15, 0.2) is 0 Å². The van der Waals surface area contributed by atoms with Gasteiger partial charge in [0.25, 0.3) is 0 Å². The van der Waals surface area contributed by atoms with E-state index in [-0.39, 0.29) is 14.7 Å². The summed E-state index contributed by atoms with van der Waals surface area (Å²) in [7, 11) is -3.43. The highest BCUT2D eigenvalue weighted by Crippen LogP contribution is 2.69. The van der Waals surface area contributed by atoms with Crippen LogP contribution >= 0.6 is 10.3 Å². The number of rotatable bonds is 4. The lowest BCUT2D eigenvalue weighted by atomic mass is 10.3. The highest BCUT2D eigenvalue weighted by molar-refractivity contribution is 8.30. The van der Waals surface area contributed by atoms with Crippen LogP contribution in [0.1, 0.15) is 0 Å². The van der Waals surface area contributed by atoms with Crippen molar-refractivity contribution in [3.8, 4) is 0 Å². The van der Waals surface area contributed by atoms with Crippen LogP contribution in [0.15, 0.2) is 87.5 Å². The van der Waals surface area contributed by atoms with Gasteiger partial charge in [-0.05, 0) is 83.1 Å². The zero-order chi connectivity index (χ0) is 21.2. The summed E-state index contributed by atoms with van der Waals surface area (Å²) >= 11 is 0. The topological polar surface area (TPSA) is 26.3 Å². The molecule has 29 heavy (non-hydrogen) atoms. The van der Waals surface area contributed by atoms with Crippen LogP contribution in [0.2, 0.25) is 0 Å². The van der Waals surface area contributed by atoms with Gasteiger partial charge in [0.05, 0.1) is 0 Å². The normalized spacial score (nSPS) is 12.5. The van der Waals surface area contributed by atoms with Crippen molar-refractivity contribution >= 4 is 16.3 Å². The molecule has 0 aliphatic heterocycles. The van der Waals surface area contributed by atoms with E-state index in [1.54, 1.807) is 0 Å². The fourth-order valence-corrected chi connectivity index (χ4v) is 5.58. The maximum atomic E-state index is 13.5. The number of carbonyl (C=O) groups excluding carboxylic acids is 1. The van der Waals surface area contributed by atoms with Gasteiger partial charge in [-0.15, -0.1) is 0 Å². The molecule has 3 aromatic rings. The molecular weight excluding hydrogens is 418 g/mol. The van der Waals surface area contributed by atoms with E-state index in [2.05, 4.69) is 0 Å². The Bertz CT molecular complexity index is 888. The molecule has 0 unspecified atom stereocenters. The Labute approximate surface area is 163 Å². The van der Waals surface area contributed by atoms with Crippen molar-refractivity contribution in [2.24, 2.45) is 0 Å². The van der Waals surface area contributed by atoms with Gasteiger partial charge < -0.3 is 4.18 Å². The van der Waals surface area contributed by atoms with E-state index in [0.717, 1.165) is 36.4 Å². The molecule has 2 nitrogen and oxygen atoms in total. The van der Waals surface area contributed by atoms with Gasteiger partial charge in [-0.2, -0.15) is 13.2 Å². The predicted molar refractivity (Wildman–Crippen MR) is 93.7 cm³/mol. The molecule has 3 aromatic carbocycles. The molecule has 0 fully saturated rings. The Balaban J connectivity index is 2.33. The second-order valence-corrected chi connectivity index (χ2v) is 8.48. The fourth-order valence-electron chi connectivity index (χ4n) is 2.59. The minimum atomic E-state index is -5.32. The highest BCUT2D eigenvalue weighted by Gasteiger charge is 2.47. The van der Waals surface area contributed by atoms with Crippen molar-refractivity contribution in [2.45, 2.75) is 20.9 Å². The van der Waals surface area contributed by atoms with Crippen molar-refractivity contribution in [1.82, 2.24) is 0 Å². The summed E-state index contributed by atoms with van der Waals surface area (Å²) in [6.45, 7) is 0. The molecule has 0 saturated heterocycles. The Morgan fingerprint density at radius 2 is 0.897 bits per heavy atom. The molecule has 0 aliphatic rings. The summed E-state index contributed by atoms with van der Waals surface area (Å²) < 4.78 is 84.6. The molecule has 3 rings (SSSR count). The van der Waals surface area contributed by atoms with Gasteiger partial charge in [0.2, 0.25) is 0 Å². The summed E-state index contributed by atoms with van der Waals surface area (Å²) in [5, 5.41) is 0. The minimum Gasteiger partial charge on any atom is -0.395 e. The van der Waals surface area contributed by atoms with Gasteiger partial charge in [0.1, 0.15) is 17.5 Å². The first-order valence-electron chi connectivity index (χ1n) is 8.04. The second-order valence-electron chi connectivity index (χ2n) is 5.79. The van der Waals surface area contributed by atoms with Gasteiger partial charge in [0, 0.05) is 14.7 Å². The number of hydrogen-bond donors (Lipinski definition) is 0. The summed E-state index contributed by atoms with van der Waals surface area (Å²) in [6, 6.07) is 13.0. The number of alkyl halides is 3. The molecule has 0 aromatic heterocycles. The van der Waals surface area contributed by atoms with Crippen LogP contribution in [0.5, 0.6) is 0 Å². The third-order valence-electron chi connectivity index (χ3n) is 3.87. The minimum absolute atomic E-state index is 0.0368. The lowest BCUT2D eigenvalue weighted by molar-refractivity contribution is -0.188. The zero-order valence-electron chi connectivity index (χ0n) is 14.4. The van der Waals surface area contributed by atoms with Crippen molar-refractivity contribution in [2.75, 3.05) is 0 Å². The van der Waals surface area contributed by atoms with Crippen molar-refractivity contribution in [1.29, 1.82) is 0 Å². The maximum Gasteiger partial charge on any atom is 0.491 e. The molecule has 0 atom stereocenters. The Morgan fingerprint density at radius 1 is 0.621 bits per heavy atom. The van der Waals surface area contributed by atoms with Gasteiger partial charge in [-0.1, -0.05) is 0 Å². The van der Waals surface area contributed by atoms with Crippen molar-refractivity contribution < 1.29 is 35.3 Å². The average Bonchev–Trinajstić information content (AvgIpc) is 2.67. The number of carbonyl (C=O) groups is 1. The molecule has 0 bridgehead atoms. The van der Waals surface area contributed by atoms with Crippen LogP contribution < -0.4 is 0 Å². The molecule has 9 heteroatoms. The molecule has 0 N–H and O–H groups in total. The van der Waals surface area contributed by atoms with E-state index < -0.39 is 39.9 Å². The van der Waals surface area contributed by atoms with Crippen LogP contribution in [-0.4, -0.2) is 12.1 Å². The number of hydrogen-bond acceptors (Lipinski definition) is 2. The zero-order valence-corrected chi connectivity index (χ0v) is 15.2. The van der Waals surface area contributed by atoms with Crippen LogP contribution in [-0.2, 0) is 8.98 Å². The molecule has 0 amide bonds. The first-order chi connectivity index (χ1) is 13.6. The monoisotopic (exact) mass is 430 g/mol. The van der Waals surface area contributed by atoms with Crippen molar-refractivity contribution in [3.63, 3.8) is 0 Å². The second kappa shape index (κ2) is 7.82. The Hall–Kier alpha value is -2.94. The summed E-state index contributed by atoms with van der Waals surface area (Å²) in [4.78, 5) is 12.0. The summed E-state index contributed by atoms with van der Waals surface area (Å²) in [5.41, 5.74) is 0. The van der Waals surface area contributed by atoms with Crippen LogP contribution in [0, 0.1) is 17.5 Å². The van der Waals surface area contributed by atoms with E-state index >= 15 is 0 Å². The fraction of sp³-hybridized carbons (Fsp3) is 0.0500. The Kier molecular flexibility index (Phi) is 5.61. The van der Waals surface area contributed by atoms with Crippen molar-refractivity contribution in [3.05, 3.63) is 90.2 Å². The van der Waals surface area contributed by atoms with Crippen LogP contribution in [0.25, 0.3) is 0 Å². The third-order valence-corrected chi connectivity index (χ3v) is 7.08. The lowest BCUT2D eigenvalue weighted by Crippen LogP contribution is -2.27. The number of halogens is 6. The summed E-state index contributed by atoms with van der Waals surface area (Å²) in [6.07, 6.45) is -5.32. The molecule has 152 valence electrons. The van der Waals surface area contributed by atoms with Crippen LogP contribution in [0.4, 0.5) is 26.3 Å². The quantitative estimate of drug-likeness (QED) is 0.448. The molecular formula is C20H12F6O2S. The SMILES string of the molecule is O=C(OS(c1ccc(F)cc1)(c1ccc(F)cc1)c1ccc(F)cc1)C(F)(F)F. The standard InChI is InChI=1S/C20H12F6O2S/c21-13-1-7-16(8-2-13)29(28-19(27)20(24,25)26,17-9-3-14(22)4-10-17)18-11-5-15(23)6-12-18/h1-12H. The van der Waals surface area contributed by atoms with E-state index in [9.17, 15) is 31.1 Å². The van der Waals surface area contributed by atoms with Gasteiger partial charge in [-0.3, -0.25) is 0 Å². The van der Waals surface area contributed by atoms with Crippen LogP contribution in [0.3, 0.4) is 0 Å². The lowest BCUT2D eigenvalue weighted by Gasteiger charge is -2.39. The molecule has 0 saturated carbocycles.